The number of carbonyl (C=O) groups excluding carboxylic acids is 3. The molecular weight excluding hydrogens is 925 g/mol. The highest BCUT2D eigenvalue weighted by atomic mass is 16.6. The van der Waals surface area contributed by atoms with Crippen LogP contribution in [0.5, 0.6) is 0 Å². The predicted octanol–water partition coefficient (Wildman–Crippen LogP) is 22.8. The maximum absolute atomic E-state index is 12.9. The van der Waals surface area contributed by atoms with Gasteiger partial charge in [-0.2, -0.15) is 0 Å². The predicted molar refractivity (Wildman–Crippen MR) is 326 cm³/mol. The molecule has 0 radical (unpaired) electrons. The van der Waals surface area contributed by atoms with Crippen LogP contribution >= 0.6 is 0 Å². The van der Waals surface area contributed by atoms with E-state index in [4.69, 9.17) is 14.2 Å². The zero-order valence-corrected chi connectivity index (χ0v) is 50.6. The summed E-state index contributed by atoms with van der Waals surface area (Å²) < 4.78 is 16.8. The summed E-state index contributed by atoms with van der Waals surface area (Å²) in [6.45, 7) is 6.63. The summed E-state index contributed by atoms with van der Waals surface area (Å²) in [5.41, 5.74) is 0. The molecule has 0 bridgehead atoms. The van der Waals surface area contributed by atoms with Gasteiger partial charge in [0.05, 0.1) is 0 Å². The van der Waals surface area contributed by atoms with Gasteiger partial charge in [-0.3, -0.25) is 14.4 Å². The van der Waals surface area contributed by atoms with Crippen LogP contribution in [0.3, 0.4) is 0 Å². The topological polar surface area (TPSA) is 78.9 Å². The fourth-order valence-electron chi connectivity index (χ4n) is 10.1. The molecular formula is C69H128O6. The average Bonchev–Trinajstić information content (AvgIpc) is 3.41. The third-order valence-electron chi connectivity index (χ3n) is 15.1. The number of allylic oxidation sites excluding steroid dienone is 6. The normalized spacial score (nSPS) is 12.2. The minimum absolute atomic E-state index is 0.0692. The first-order valence-corrected chi connectivity index (χ1v) is 33.5. The summed E-state index contributed by atoms with van der Waals surface area (Å²) in [4.78, 5) is 38.0. The monoisotopic (exact) mass is 1050 g/mol. The van der Waals surface area contributed by atoms with Gasteiger partial charge in [0.25, 0.3) is 0 Å². The number of carbonyl (C=O) groups is 3. The molecule has 0 aromatic carbocycles. The van der Waals surface area contributed by atoms with E-state index in [9.17, 15) is 14.4 Å². The maximum atomic E-state index is 12.9. The van der Waals surface area contributed by atoms with E-state index in [-0.39, 0.29) is 31.1 Å². The Balaban J connectivity index is 4.03. The van der Waals surface area contributed by atoms with Crippen LogP contribution in [0.1, 0.15) is 367 Å². The molecule has 0 spiro atoms. The Morgan fingerprint density at radius 2 is 0.480 bits per heavy atom. The number of rotatable bonds is 62. The summed E-state index contributed by atoms with van der Waals surface area (Å²) in [7, 11) is 0. The zero-order chi connectivity index (χ0) is 54.3. The lowest BCUT2D eigenvalue weighted by atomic mass is 10.0. The highest BCUT2D eigenvalue weighted by Gasteiger charge is 2.19. The fourth-order valence-corrected chi connectivity index (χ4v) is 10.1. The molecule has 0 fully saturated rings. The van der Waals surface area contributed by atoms with Crippen molar-refractivity contribution in [3.05, 3.63) is 36.5 Å². The molecule has 0 amide bonds. The van der Waals surface area contributed by atoms with Crippen LogP contribution in [-0.4, -0.2) is 37.2 Å². The number of unbranched alkanes of at least 4 members (excludes halogenated alkanes) is 45. The van der Waals surface area contributed by atoms with Gasteiger partial charge in [-0.1, -0.05) is 327 Å². The van der Waals surface area contributed by atoms with Crippen LogP contribution in [0.15, 0.2) is 36.5 Å². The van der Waals surface area contributed by atoms with Crippen molar-refractivity contribution in [2.45, 2.75) is 374 Å². The summed E-state index contributed by atoms with van der Waals surface area (Å²) in [5.74, 6) is -0.861. The first-order valence-electron chi connectivity index (χ1n) is 33.5. The largest absolute Gasteiger partial charge is 0.462 e. The van der Waals surface area contributed by atoms with Crippen LogP contribution in [0.2, 0.25) is 0 Å². The Hall–Kier alpha value is -2.37. The molecule has 0 aromatic heterocycles. The number of ether oxygens (including phenoxy) is 3. The quantitative estimate of drug-likeness (QED) is 0.0261. The van der Waals surface area contributed by atoms with Gasteiger partial charge in [-0.05, 0) is 57.8 Å². The molecule has 0 aliphatic rings. The lowest BCUT2D eigenvalue weighted by molar-refractivity contribution is -0.167. The van der Waals surface area contributed by atoms with E-state index in [1.54, 1.807) is 0 Å². The van der Waals surface area contributed by atoms with E-state index in [1.807, 2.05) is 0 Å². The van der Waals surface area contributed by atoms with Gasteiger partial charge in [-0.15, -0.1) is 0 Å². The third kappa shape index (κ3) is 62.4. The van der Waals surface area contributed by atoms with Crippen LogP contribution in [-0.2, 0) is 28.6 Å². The van der Waals surface area contributed by atoms with Crippen LogP contribution in [0, 0.1) is 0 Å². The molecule has 0 aliphatic carbocycles. The second-order valence-corrected chi connectivity index (χ2v) is 22.7. The highest BCUT2D eigenvalue weighted by molar-refractivity contribution is 5.71. The average molecular weight is 1050 g/mol. The Morgan fingerprint density at radius 3 is 0.747 bits per heavy atom. The Kier molecular flexibility index (Phi) is 62.1. The molecule has 75 heavy (non-hydrogen) atoms. The van der Waals surface area contributed by atoms with Crippen molar-refractivity contribution in [2.24, 2.45) is 0 Å². The van der Waals surface area contributed by atoms with Crippen molar-refractivity contribution in [1.29, 1.82) is 0 Å². The second-order valence-electron chi connectivity index (χ2n) is 22.7. The molecule has 6 heteroatoms. The van der Waals surface area contributed by atoms with E-state index < -0.39 is 6.10 Å². The lowest BCUT2D eigenvalue weighted by Crippen LogP contribution is -2.30. The summed E-state index contributed by atoms with van der Waals surface area (Å²) in [6, 6.07) is 0. The zero-order valence-electron chi connectivity index (χ0n) is 50.6. The SMILES string of the molecule is CCCCCCC/C=C\C/C=C\C/C=C\CCCCCCCCCCCCC(=O)OC(COC(=O)CCCCCCCC)COC(=O)CCCCCCCCCCCCCCCCCCCCCCCCCCCC. The Bertz CT molecular complexity index is 1250. The van der Waals surface area contributed by atoms with Gasteiger partial charge in [-0.25, -0.2) is 0 Å². The van der Waals surface area contributed by atoms with E-state index >= 15 is 0 Å². The molecule has 1 atom stereocenters. The second kappa shape index (κ2) is 64.2. The molecule has 0 aliphatic heterocycles. The van der Waals surface area contributed by atoms with Gasteiger partial charge in [0.15, 0.2) is 6.10 Å². The minimum atomic E-state index is -0.769. The Morgan fingerprint density at radius 1 is 0.267 bits per heavy atom. The van der Waals surface area contributed by atoms with Gasteiger partial charge in [0.2, 0.25) is 0 Å². The first-order chi connectivity index (χ1) is 37.0. The van der Waals surface area contributed by atoms with Crippen LogP contribution in [0.25, 0.3) is 0 Å². The van der Waals surface area contributed by atoms with Gasteiger partial charge >= 0.3 is 17.9 Å². The van der Waals surface area contributed by atoms with E-state index in [0.717, 1.165) is 70.6 Å². The van der Waals surface area contributed by atoms with Crippen molar-refractivity contribution in [3.63, 3.8) is 0 Å². The standard InChI is InChI=1S/C69H128O6/c1-4-7-10-13-16-18-20-22-24-26-28-30-32-34-36-37-39-41-43-45-47-49-51-53-56-59-62-68(71)74-65-66(64-73-67(70)61-58-55-15-12-9-6-3)75-69(72)63-60-57-54-52-50-48-46-44-42-40-38-35-33-31-29-27-25-23-21-19-17-14-11-8-5-2/h21,23,27,29,33,35,66H,4-20,22,24-26,28,30-32,34,36-65H2,1-3H3/b23-21-,29-27-,35-33-. The smallest absolute Gasteiger partial charge is 0.306 e. The summed E-state index contributed by atoms with van der Waals surface area (Å²) in [5, 5.41) is 0. The summed E-state index contributed by atoms with van der Waals surface area (Å²) >= 11 is 0. The van der Waals surface area contributed by atoms with Gasteiger partial charge in [0, 0.05) is 19.3 Å². The molecule has 6 nitrogen and oxygen atoms in total. The van der Waals surface area contributed by atoms with Gasteiger partial charge < -0.3 is 14.2 Å². The molecule has 0 N–H and O–H groups in total. The molecule has 440 valence electrons. The Labute approximate surface area is 467 Å². The maximum Gasteiger partial charge on any atom is 0.306 e. The minimum Gasteiger partial charge on any atom is -0.462 e. The molecule has 1 unspecified atom stereocenters. The van der Waals surface area contributed by atoms with Crippen molar-refractivity contribution in [1.82, 2.24) is 0 Å². The van der Waals surface area contributed by atoms with Crippen molar-refractivity contribution in [2.75, 3.05) is 13.2 Å². The summed E-state index contributed by atoms with van der Waals surface area (Å²) in [6.07, 6.45) is 79.2. The van der Waals surface area contributed by atoms with Gasteiger partial charge in [0.1, 0.15) is 13.2 Å². The van der Waals surface area contributed by atoms with Crippen LogP contribution < -0.4 is 0 Å². The highest BCUT2D eigenvalue weighted by Crippen LogP contribution is 2.18. The third-order valence-corrected chi connectivity index (χ3v) is 15.1. The number of hydrogen-bond acceptors (Lipinski definition) is 6. The molecule has 0 saturated heterocycles. The first kappa shape index (κ1) is 72.6. The molecule has 0 heterocycles. The lowest BCUT2D eigenvalue weighted by Gasteiger charge is -2.18. The number of esters is 3. The molecule has 0 aromatic rings. The van der Waals surface area contributed by atoms with E-state index in [2.05, 4.69) is 57.2 Å². The number of hydrogen-bond donors (Lipinski definition) is 0. The fraction of sp³-hybridized carbons (Fsp3) is 0.870. The van der Waals surface area contributed by atoms with Crippen molar-refractivity contribution in [3.8, 4) is 0 Å². The van der Waals surface area contributed by atoms with Crippen molar-refractivity contribution >= 4 is 17.9 Å². The molecule has 0 saturated carbocycles. The van der Waals surface area contributed by atoms with E-state index in [0.29, 0.717) is 19.3 Å². The van der Waals surface area contributed by atoms with E-state index in [1.165, 1.54) is 257 Å². The molecule has 0 rings (SSSR count). The van der Waals surface area contributed by atoms with Crippen LogP contribution in [0.4, 0.5) is 0 Å². The van der Waals surface area contributed by atoms with Crippen molar-refractivity contribution < 1.29 is 28.6 Å².